The lowest BCUT2D eigenvalue weighted by atomic mass is 9.85. The van der Waals surface area contributed by atoms with E-state index in [9.17, 15) is 4.79 Å². The van der Waals surface area contributed by atoms with Gasteiger partial charge in [-0.05, 0) is 25.7 Å². The standard InChI is InChI=1S/C11H16N4O2/c16-9(13-8-4-5-8)6-12-11-14-10(15-17-11)7-2-1-3-7/h7-8H,1-6H2,(H,13,16)(H,12,14,15). The smallest absolute Gasteiger partial charge is 0.321 e. The van der Waals surface area contributed by atoms with Crippen molar-refractivity contribution in [1.29, 1.82) is 0 Å². The number of aromatic nitrogens is 2. The van der Waals surface area contributed by atoms with Crippen molar-refractivity contribution in [3.05, 3.63) is 5.82 Å². The number of nitrogens with zero attached hydrogens (tertiary/aromatic N) is 2. The summed E-state index contributed by atoms with van der Waals surface area (Å²) in [7, 11) is 0. The third-order valence-electron chi connectivity index (χ3n) is 3.25. The summed E-state index contributed by atoms with van der Waals surface area (Å²) in [5, 5.41) is 9.64. The lowest BCUT2D eigenvalue weighted by Crippen LogP contribution is -2.31. The fourth-order valence-electron chi connectivity index (χ4n) is 1.80. The van der Waals surface area contributed by atoms with Crippen LogP contribution < -0.4 is 10.6 Å². The Morgan fingerprint density at radius 1 is 1.35 bits per heavy atom. The van der Waals surface area contributed by atoms with Crippen LogP contribution in [0.2, 0.25) is 0 Å². The first-order valence-electron chi connectivity index (χ1n) is 6.18. The SMILES string of the molecule is O=C(CNc1nc(C2CCC2)no1)NC1CC1. The maximum Gasteiger partial charge on any atom is 0.321 e. The lowest BCUT2D eigenvalue weighted by Gasteiger charge is -2.20. The van der Waals surface area contributed by atoms with Crippen LogP contribution in [0.1, 0.15) is 43.8 Å². The van der Waals surface area contributed by atoms with Gasteiger partial charge in [0, 0.05) is 12.0 Å². The topological polar surface area (TPSA) is 80.1 Å². The third kappa shape index (κ3) is 2.57. The molecule has 1 amide bonds. The minimum absolute atomic E-state index is 0.0177. The van der Waals surface area contributed by atoms with Gasteiger partial charge < -0.3 is 15.2 Å². The third-order valence-corrected chi connectivity index (χ3v) is 3.25. The highest BCUT2D eigenvalue weighted by molar-refractivity contribution is 5.80. The molecule has 0 bridgehead atoms. The van der Waals surface area contributed by atoms with Crippen LogP contribution in [0.25, 0.3) is 0 Å². The van der Waals surface area contributed by atoms with Gasteiger partial charge in [0.2, 0.25) is 5.91 Å². The molecule has 2 fully saturated rings. The Kier molecular flexibility index (Phi) is 2.70. The molecule has 0 atom stereocenters. The average Bonchev–Trinajstić information content (AvgIpc) is 2.91. The lowest BCUT2D eigenvalue weighted by molar-refractivity contribution is -0.119. The van der Waals surface area contributed by atoms with Gasteiger partial charge in [0.25, 0.3) is 0 Å². The normalized spacial score (nSPS) is 19.8. The van der Waals surface area contributed by atoms with E-state index in [1.807, 2.05) is 0 Å². The molecule has 0 saturated heterocycles. The number of hydrogen-bond donors (Lipinski definition) is 2. The van der Waals surface area contributed by atoms with Crippen molar-refractivity contribution >= 4 is 11.9 Å². The van der Waals surface area contributed by atoms with Gasteiger partial charge in [0.1, 0.15) is 0 Å². The molecule has 0 aliphatic heterocycles. The van der Waals surface area contributed by atoms with E-state index in [0.29, 0.717) is 18.0 Å². The molecule has 6 heteroatoms. The van der Waals surface area contributed by atoms with Gasteiger partial charge in [0.05, 0.1) is 6.54 Å². The summed E-state index contributed by atoms with van der Waals surface area (Å²) in [5.74, 6) is 1.20. The van der Waals surface area contributed by atoms with Crippen molar-refractivity contribution < 1.29 is 9.32 Å². The van der Waals surface area contributed by atoms with Crippen LogP contribution in [0.5, 0.6) is 0 Å². The number of rotatable bonds is 5. The molecule has 2 N–H and O–H groups in total. The zero-order valence-electron chi connectivity index (χ0n) is 9.61. The molecule has 1 aromatic heterocycles. The maximum absolute atomic E-state index is 11.4. The Labute approximate surface area is 99.2 Å². The highest BCUT2D eigenvalue weighted by Gasteiger charge is 2.25. The second-order valence-electron chi connectivity index (χ2n) is 4.78. The highest BCUT2D eigenvalue weighted by Crippen LogP contribution is 2.34. The summed E-state index contributed by atoms with van der Waals surface area (Å²) in [6.07, 6.45) is 5.71. The van der Waals surface area contributed by atoms with Crippen molar-refractivity contribution in [2.75, 3.05) is 11.9 Å². The number of amides is 1. The van der Waals surface area contributed by atoms with Crippen molar-refractivity contribution in [2.24, 2.45) is 0 Å². The summed E-state index contributed by atoms with van der Waals surface area (Å²) in [4.78, 5) is 15.6. The van der Waals surface area contributed by atoms with E-state index in [0.717, 1.165) is 31.5 Å². The monoisotopic (exact) mass is 236 g/mol. The summed E-state index contributed by atoms with van der Waals surface area (Å²) >= 11 is 0. The van der Waals surface area contributed by atoms with Crippen molar-refractivity contribution in [3.8, 4) is 0 Å². The molecule has 0 aromatic carbocycles. The molecule has 17 heavy (non-hydrogen) atoms. The number of anilines is 1. The first-order chi connectivity index (χ1) is 8.31. The van der Waals surface area contributed by atoms with E-state index in [1.54, 1.807) is 0 Å². The maximum atomic E-state index is 11.4. The molecule has 0 radical (unpaired) electrons. The summed E-state index contributed by atoms with van der Waals surface area (Å²) in [6, 6.07) is 0.732. The second-order valence-corrected chi connectivity index (χ2v) is 4.78. The largest absolute Gasteiger partial charge is 0.352 e. The van der Waals surface area contributed by atoms with Crippen molar-refractivity contribution in [2.45, 2.75) is 44.1 Å². The van der Waals surface area contributed by atoms with E-state index in [1.165, 1.54) is 6.42 Å². The fraction of sp³-hybridized carbons (Fsp3) is 0.727. The van der Waals surface area contributed by atoms with Gasteiger partial charge in [-0.3, -0.25) is 4.79 Å². The van der Waals surface area contributed by atoms with Crippen molar-refractivity contribution in [1.82, 2.24) is 15.5 Å². The minimum Gasteiger partial charge on any atom is -0.352 e. The number of nitrogens with one attached hydrogen (secondary N) is 2. The van der Waals surface area contributed by atoms with Gasteiger partial charge in [-0.25, -0.2) is 0 Å². The molecule has 6 nitrogen and oxygen atoms in total. The summed E-state index contributed by atoms with van der Waals surface area (Å²) in [6.45, 7) is 0.197. The molecule has 92 valence electrons. The van der Waals surface area contributed by atoms with Gasteiger partial charge in [0.15, 0.2) is 5.82 Å². The van der Waals surface area contributed by atoms with Gasteiger partial charge >= 0.3 is 6.01 Å². The Bertz CT molecular complexity index is 409. The number of carbonyl (C=O) groups excluding carboxylic acids is 1. The Balaban J connectivity index is 1.46. The molecule has 2 saturated carbocycles. The van der Waals surface area contributed by atoms with E-state index in [4.69, 9.17) is 4.52 Å². The van der Waals surface area contributed by atoms with Crippen LogP contribution in [0.3, 0.4) is 0 Å². The van der Waals surface area contributed by atoms with Gasteiger partial charge in [-0.2, -0.15) is 4.98 Å². The molecular formula is C11H16N4O2. The number of carbonyl (C=O) groups is 1. The summed E-state index contributed by atoms with van der Waals surface area (Å²) in [5.41, 5.74) is 0. The van der Waals surface area contributed by atoms with Crippen LogP contribution in [0.15, 0.2) is 4.52 Å². The van der Waals surface area contributed by atoms with Crippen LogP contribution in [0.4, 0.5) is 6.01 Å². The molecule has 1 aromatic rings. The zero-order chi connectivity index (χ0) is 11.7. The van der Waals surface area contributed by atoms with E-state index < -0.39 is 0 Å². The quantitative estimate of drug-likeness (QED) is 0.798. The number of hydrogen-bond acceptors (Lipinski definition) is 5. The van der Waals surface area contributed by atoms with Crippen molar-refractivity contribution in [3.63, 3.8) is 0 Å². The molecular weight excluding hydrogens is 220 g/mol. The van der Waals surface area contributed by atoms with E-state index in [-0.39, 0.29) is 12.5 Å². The first kappa shape index (κ1) is 10.6. The van der Waals surface area contributed by atoms with Crippen LogP contribution in [-0.2, 0) is 4.79 Å². The zero-order valence-corrected chi connectivity index (χ0v) is 9.61. The van der Waals surface area contributed by atoms with Crippen LogP contribution in [0, 0.1) is 0 Å². The fourth-order valence-corrected chi connectivity index (χ4v) is 1.80. The molecule has 2 aliphatic carbocycles. The predicted octanol–water partition coefficient (Wildman–Crippen LogP) is 1.03. The van der Waals surface area contributed by atoms with E-state index in [2.05, 4.69) is 20.8 Å². The molecule has 3 rings (SSSR count). The Hall–Kier alpha value is -1.59. The Morgan fingerprint density at radius 2 is 2.18 bits per heavy atom. The minimum atomic E-state index is -0.0177. The molecule has 1 heterocycles. The highest BCUT2D eigenvalue weighted by atomic mass is 16.5. The van der Waals surface area contributed by atoms with E-state index >= 15 is 0 Å². The second kappa shape index (κ2) is 4.35. The average molecular weight is 236 g/mol. The van der Waals surface area contributed by atoms with Gasteiger partial charge in [-0.1, -0.05) is 11.6 Å². The molecule has 2 aliphatic rings. The molecule has 0 spiro atoms. The predicted molar refractivity (Wildman–Crippen MR) is 60.5 cm³/mol. The van der Waals surface area contributed by atoms with Crippen LogP contribution >= 0.6 is 0 Å². The first-order valence-corrected chi connectivity index (χ1v) is 6.18. The Morgan fingerprint density at radius 3 is 2.82 bits per heavy atom. The summed E-state index contributed by atoms with van der Waals surface area (Å²) < 4.78 is 5.04. The van der Waals surface area contributed by atoms with Crippen LogP contribution in [-0.4, -0.2) is 28.6 Å². The molecule has 0 unspecified atom stereocenters. The van der Waals surface area contributed by atoms with Gasteiger partial charge in [-0.15, -0.1) is 0 Å².